The minimum atomic E-state index is 0.471. The number of benzene rings is 1. The first-order valence-electron chi connectivity index (χ1n) is 7.56. The molecule has 0 atom stereocenters. The Bertz CT molecular complexity index is 707. The lowest BCUT2D eigenvalue weighted by Crippen LogP contribution is -2.36. The molecule has 2 rings (SSSR count). The molecule has 0 aliphatic heterocycles. The van der Waals surface area contributed by atoms with Crippen molar-refractivity contribution in [3.63, 3.8) is 0 Å². The zero-order valence-corrected chi connectivity index (χ0v) is 13.7. The van der Waals surface area contributed by atoms with Crippen LogP contribution in [0.15, 0.2) is 33.7 Å². The van der Waals surface area contributed by atoms with Crippen LogP contribution in [0.3, 0.4) is 0 Å². The normalized spacial score (nSPS) is 11.1. The fourth-order valence-corrected chi connectivity index (χ4v) is 2.03. The molecule has 6 heteroatoms. The molecular weight excluding hydrogens is 290 g/mol. The van der Waals surface area contributed by atoms with Gasteiger partial charge in [0.05, 0.1) is 30.4 Å². The first-order valence-corrected chi connectivity index (χ1v) is 7.56. The van der Waals surface area contributed by atoms with E-state index < -0.39 is 0 Å². The van der Waals surface area contributed by atoms with Crippen LogP contribution in [0.4, 0.5) is 0 Å². The number of nitrogens with zero attached hydrogens (tertiary/aromatic N) is 3. The van der Waals surface area contributed by atoms with Crippen molar-refractivity contribution in [1.82, 2.24) is 15.6 Å². The molecule has 0 saturated carbocycles. The second-order valence-corrected chi connectivity index (χ2v) is 5.11. The summed E-state index contributed by atoms with van der Waals surface area (Å²) in [5.74, 6) is 2.15. The molecule has 2 N–H and O–H groups in total. The zero-order valence-electron chi connectivity index (χ0n) is 13.7. The highest BCUT2D eigenvalue weighted by Crippen LogP contribution is 2.08. The van der Waals surface area contributed by atoms with Crippen molar-refractivity contribution in [2.45, 2.75) is 33.9 Å². The van der Waals surface area contributed by atoms with Crippen LogP contribution in [0.5, 0.6) is 0 Å². The SMILES string of the molecule is CCNC(=NCc1cccc(C#N)c1)NCc1nc(C)c(C)o1. The number of aliphatic imine (C=N–C) groups is 1. The van der Waals surface area contributed by atoms with Gasteiger partial charge >= 0.3 is 0 Å². The summed E-state index contributed by atoms with van der Waals surface area (Å²) in [6, 6.07) is 9.57. The van der Waals surface area contributed by atoms with E-state index in [1.54, 1.807) is 6.07 Å². The van der Waals surface area contributed by atoms with Crippen molar-refractivity contribution in [3.05, 3.63) is 52.7 Å². The molecule has 2 aromatic rings. The minimum Gasteiger partial charge on any atom is -0.444 e. The fraction of sp³-hybridized carbons (Fsp3) is 0.353. The molecule has 1 heterocycles. The molecule has 0 fully saturated rings. The first kappa shape index (κ1) is 16.6. The van der Waals surface area contributed by atoms with Crippen LogP contribution in [0.1, 0.15) is 35.4 Å². The molecule has 0 amide bonds. The predicted octanol–water partition coefficient (Wildman–Crippen LogP) is 2.42. The molecule has 0 spiro atoms. The molecule has 23 heavy (non-hydrogen) atoms. The van der Waals surface area contributed by atoms with Gasteiger partial charge in [0.25, 0.3) is 0 Å². The fourth-order valence-electron chi connectivity index (χ4n) is 2.03. The molecule has 0 bridgehead atoms. The van der Waals surface area contributed by atoms with Gasteiger partial charge in [-0.3, -0.25) is 0 Å². The average Bonchev–Trinajstić information content (AvgIpc) is 2.88. The van der Waals surface area contributed by atoms with Gasteiger partial charge in [-0.25, -0.2) is 9.98 Å². The molecule has 0 aliphatic rings. The van der Waals surface area contributed by atoms with Gasteiger partial charge in [-0.1, -0.05) is 12.1 Å². The van der Waals surface area contributed by atoms with Gasteiger partial charge in [0, 0.05) is 6.54 Å². The maximum Gasteiger partial charge on any atom is 0.214 e. The number of aryl methyl sites for hydroxylation is 2. The second-order valence-electron chi connectivity index (χ2n) is 5.11. The number of oxazole rings is 1. The number of nitriles is 1. The third-order valence-corrected chi connectivity index (χ3v) is 3.30. The van der Waals surface area contributed by atoms with Gasteiger partial charge in [0.15, 0.2) is 5.96 Å². The Labute approximate surface area is 136 Å². The van der Waals surface area contributed by atoms with E-state index >= 15 is 0 Å². The summed E-state index contributed by atoms with van der Waals surface area (Å²) in [5, 5.41) is 15.3. The van der Waals surface area contributed by atoms with Gasteiger partial charge in [0.1, 0.15) is 5.76 Å². The number of rotatable bonds is 5. The van der Waals surface area contributed by atoms with Crippen molar-refractivity contribution in [2.24, 2.45) is 4.99 Å². The Morgan fingerprint density at radius 1 is 1.35 bits per heavy atom. The van der Waals surface area contributed by atoms with Crippen molar-refractivity contribution < 1.29 is 4.42 Å². The van der Waals surface area contributed by atoms with E-state index in [0.717, 1.165) is 23.6 Å². The molecule has 1 aromatic heterocycles. The summed E-state index contributed by atoms with van der Waals surface area (Å²) in [7, 11) is 0. The van der Waals surface area contributed by atoms with Gasteiger partial charge in [-0.05, 0) is 38.5 Å². The molecular formula is C17H21N5O. The van der Waals surface area contributed by atoms with Crippen molar-refractivity contribution in [3.8, 4) is 6.07 Å². The van der Waals surface area contributed by atoms with E-state index in [-0.39, 0.29) is 0 Å². The van der Waals surface area contributed by atoms with Crippen LogP contribution >= 0.6 is 0 Å². The monoisotopic (exact) mass is 311 g/mol. The topological polar surface area (TPSA) is 86.2 Å². The van der Waals surface area contributed by atoms with Gasteiger partial charge in [-0.15, -0.1) is 0 Å². The summed E-state index contributed by atoms with van der Waals surface area (Å²) in [6.07, 6.45) is 0. The Hall–Kier alpha value is -2.81. The Morgan fingerprint density at radius 3 is 2.83 bits per heavy atom. The third kappa shape index (κ3) is 4.85. The zero-order chi connectivity index (χ0) is 16.7. The molecule has 6 nitrogen and oxygen atoms in total. The summed E-state index contributed by atoms with van der Waals surface area (Å²) in [6.45, 7) is 7.55. The maximum atomic E-state index is 8.93. The number of aromatic nitrogens is 1. The third-order valence-electron chi connectivity index (χ3n) is 3.30. The number of hydrogen-bond acceptors (Lipinski definition) is 4. The van der Waals surface area contributed by atoms with E-state index in [1.165, 1.54) is 0 Å². The van der Waals surface area contributed by atoms with Crippen LogP contribution in [0.2, 0.25) is 0 Å². The van der Waals surface area contributed by atoms with E-state index in [0.29, 0.717) is 30.5 Å². The standard InChI is InChI=1S/C17H21N5O/c1-4-19-17(21-11-16-22-12(2)13(3)23-16)20-10-15-7-5-6-14(8-15)9-18/h5-8H,4,10-11H2,1-3H3,(H2,19,20,21). The highest BCUT2D eigenvalue weighted by Gasteiger charge is 2.06. The smallest absolute Gasteiger partial charge is 0.214 e. The first-order chi connectivity index (χ1) is 11.1. The Kier molecular flexibility index (Phi) is 5.75. The van der Waals surface area contributed by atoms with Crippen LogP contribution < -0.4 is 10.6 Å². The second kappa shape index (κ2) is 7.99. The van der Waals surface area contributed by atoms with Crippen LogP contribution in [0.25, 0.3) is 0 Å². The molecule has 0 unspecified atom stereocenters. The largest absolute Gasteiger partial charge is 0.444 e. The van der Waals surface area contributed by atoms with E-state index in [4.69, 9.17) is 9.68 Å². The number of hydrogen-bond donors (Lipinski definition) is 2. The van der Waals surface area contributed by atoms with Crippen LogP contribution in [-0.2, 0) is 13.1 Å². The predicted molar refractivity (Wildman–Crippen MR) is 88.8 cm³/mol. The van der Waals surface area contributed by atoms with Gasteiger partial charge < -0.3 is 15.1 Å². The van der Waals surface area contributed by atoms with Gasteiger partial charge in [0.2, 0.25) is 5.89 Å². The Balaban J connectivity index is 2.00. The number of nitrogens with one attached hydrogen (secondary N) is 2. The quantitative estimate of drug-likeness (QED) is 0.654. The average molecular weight is 311 g/mol. The highest BCUT2D eigenvalue weighted by atomic mass is 16.4. The summed E-state index contributed by atoms with van der Waals surface area (Å²) >= 11 is 0. The molecule has 0 aliphatic carbocycles. The van der Waals surface area contributed by atoms with E-state index in [1.807, 2.05) is 39.0 Å². The van der Waals surface area contributed by atoms with E-state index in [9.17, 15) is 0 Å². The summed E-state index contributed by atoms with van der Waals surface area (Å²) in [5.41, 5.74) is 2.53. The van der Waals surface area contributed by atoms with Crippen LogP contribution in [-0.4, -0.2) is 17.5 Å². The van der Waals surface area contributed by atoms with Crippen LogP contribution in [0, 0.1) is 25.2 Å². The molecule has 120 valence electrons. The van der Waals surface area contributed by atoms with Crippen molar-refractivity contribution >= 4 is 5.96 Å². The minimum absolute atomic E-state index is 0.471. The lowest BCUT2D eigenvalue weighted by atomic mass is 10.1. The Morgan fingerprint density at radius 2 is 2.17 bits per heavy atom. The molecule has 0 saturated heterocycles. The maximum absolute atomic E-state index is 8.93. The highest BCUT2D eigenvalue weighted by molar-refractivity contribution is 5.79. The lowest BCUT2D eigenvalue weighted by molar-refractivity contribution is 0.463. The van der Waals surface area contributed by atoms with Gasteiger partial charge in [-0.2, -0.15) is 5.26 Å². The molecule has 1 aromatic carbocycles. The lowest BCUT2D eigenvalue weighted by Gasteiger charge is -2.09. The summed E-state index contributed by atoms with van der Waals surface area (Å²) < 4.78 is 5.54. The molecule has 0 radical (unpaired) electrons. The van der Waals surface area contributed by atoms with Crippen molar-refractivity contribution in [2.75, 3.05) is 6.54 Å². The van der Waals surface area contributed by atoms with Crippen molar-refractivity contribution in [1.29, 1.82) is 5.26 Å². The number of guanidine groups is 1. The summed E-state index contributed by atoms with van der Waals surface area (Å²) in [4.78, 5) is 8.85. The van der Waals surface area contributed by atoms with E-state index in [2.05, 4.69) is 26.7 Å².